The first-order valence-corrected chi connectivity index (χ1v) is 10.9. The summed E-state index contributed by atoms with van der Waals surface area (Å²) in [5, 5.41) is 15.2. The minimum absolute atomic E-state index is 0.158. The number of anilines is 1. The molecule has 9 heteroatoms. The molecule has 158 valence electrons. The van der Waals surface area contributed by atoms with Crippen molar-refractivity contribution in [1.82, 2.24) is 4.98 Å². The molecule has 0 amide bonds. The average molecular weight is 456 g/mol. The number of carbonyl (C=O) groups is 2. The van der Waals surface area contributed by atoms with Gasteiger partial charge in [0.05, 0.1) is 22.7 Å². The quantitative estimate of drug-likeness (QED) is 0.280. The van der Waals surface area contributed by atoms with E-state index in [2.05, 4.69) is 16.4 Å². The maximum absolute atomic E-state index is 13.1. The molecule has 3 rings (SSSR count). The molecule has 0 atom stereocenters. The van der Waals surface area contributed by atoms with Crippen molar-refractivity contribution in [2.75, 3.05) is 11.9 Å². The normalized spacial score (nSPS) is 11.1. The van der Waals surface area contributed by atoms with Crippen molar-refractivity contribution in [3.8, 4) is 17.3 Å². The van der Waals surface area contributed by atoms with Crippen LogP contribution in [0.5, 0.6) is 0 Å². The zero-order valence-corrected chi connectivity index (χ0v) is 18.6. The van der Waals surface area contributed by atoms with Crippen LogP contribution in [0, 0.1) is 24.1 Å². The summed E-state index contributed by atoms with van der Waals surface area (Å²) in [5.74, 6) is -1.03. The molecular weight excluding hydrogens is 437 g/mol. The Balaban J connectivity index is 1.92. The fourth-order valence-corrected chi connectivity index (χ4v) is 4.68. The first-order valence-electron chi connectivity index (χ1n) is 9.25. The summed E-state index contributed by atoms with van der Waals surface area (Å²) in [7, 11) is 0. The second kappa shape index (κ2) is 9.64. The number of esters is 1. The van der Waals surface area contributed by atoms with Gasteiger partial charge in [-0.05, 0) is 50.6 Å². The lowest BCUT2D eigenvalue weighted by atomic mass is 10.1. The summed E-state index contributed by atoms with van der Waals surface area (Å²) < 4.78 is 18.3. The molecular formula is C22H18FN3O3S2. The number of rotatable bonds is 7. The van der Waals surface area contributed by atoms with Crippen molar-refractivity contribution < 1.29 is 18.7 Å². The molecule has 0 bridgehead atoms. The smallest absolute Gasteiger partial charge is 0.341 e. The van der Waals surface area contributed by atoms with Gasteiger partial charge in [0, 0.05) is 17.1 Å². The second-order valence-electron chi connectivity index (χ2n) is 6.40. The van der Waals surface area contributed by atoms with E-state index in [-0.39, 0.29) is 29.3 Å². The molecule has 2 aromatic heterocycles. The van der Waals surface area contributed by atoms with Crippen molar-refractivity contribution in [1.29, 1.82) is 5.26 Å². The number of ether oxygens (including phenoxy) is 1. The lowest BCUT2D eigenvalue weighted by molar-refractivity contribution is 0.0527. The predicted octanol–water partition coefficient (Wildman–Crippen LogP) is 5.68. The van der Waals surface area contributed by atoms with Crippen LogP contribution in [-0.2, 0) is 4.74 Å². The number of nitrogens with zero attached hydrogens (tertiary/aromatic N) is 2. The molecule has 0 aliphatic rings. The van der Waals surface area contributed by atoms with Crippen LogP contribution in [-0.4, -0.2) is 23.3 Å². The molecule has 1 aromatic carbocycles. The van der Waals surface area contributed by atoms with E-state index in [1.54, 1.807) is 31.4 Å². The molecule has 1 N–H and O–H groups in total. The van der Waals surface area contributed by atoms with Crippen LogP contribution in [0.15, 0.2) is 35.8 Å². The maximum Gasteiger partial charge on any atom is 0.341 e. The number of aromatic nitrogens is 1. The molecule has 6 nitrogen and oxygen atoms in total. The zero-order chi connectivity index (χ0) is 22.5. The number of Topliss-reactive ketones (excluding diaryl/α,β-unsaturated/α-hetero) is 1. The number of halogens is 1. The molecule has 0 fully saturated rings. The SMILES string of the molecule is CCOC(=O)c1c(N/C=C(/C#N)c2nc(-c3ccc(F)cc3)cs2)sc(C(C)=O)c1C. The number of carbonyl (C=O) groups excluding carboxylic acids is 2. The summed E-state index contributed by atoms with van der Waals surface area (Å²) in [6, 6.07) is 8.02. The Bertz CT molecular complexity index is 1200. The van der Waals surface area contributed by atoms with Gasteiger partial charge in [0.1, 0.15) is 27.5 Å². The van der Waals surface area contributed by atoms with Crippen molar-refractivity contribution in [2.45, 2.75) is 20.8 Å². The highest BCUT2D eigenvalue weighted by Crippen LogP contribution is 2.35. The van der Waals surface area contributed by atoms with Gasteiger partial charge in [-0.3, -0.25) is 4.79 Å². The van der Waals surface area contributed by atoms with E-state index in [0.29, 0.717) is 26.1 Å². The molecule has 31 heavy (non-hydrogen) atoms. The largest absolute Gasteiger partial charge is 0.462 e. The number of nitrogens with one attached hydrogen (secondary N) is 1. The summed E-state index contributed by atoms with van der Waals surface area (Å²) >= 11 is 2.40. The van der Waals surface area contributed by atoms with Gasteiger partial charge in [-0.25, -0.2) is 14.2 Å². The average Bonchev–Trinajstić information content (AvgIpc) is 3.34. The Hall–Kier alpha value is -3.35. The van der Waals surface area contributed by atoms with Gasteiger partial charge < -0.3 is 10.1 Å². The third kappa shape index (κ3) is 4.87. The van der Waals surface area contributed by atoms with Gasteiger partial charge in [-0.2, -0.15) is 5.26 Å². The van der Waals surface area contributed by atoms with Crippen molar-refractivity contribution >= 4 is 45.0 Å². The zero-order valence-electron chi connectivity index (χ0n) is 17.0. The maximum atomic E-state index is 13.1. The first kappa shape index (κ1) is 22.3. The first-order chi connectivity index (χ1) is 14.8. The van der Waals surface area contributed by atoms with E-state index < -0.39 is 5.97 Å². The Morgan fingerprint density at radius 3 is 2.65 bits per heavy atom. The number of benzene rings is 1. The van der Waals surface area contributed by atoms with E-state index in [0.717, 1.165) is 16.9 Å². The third-order valence-electron chi connectivity index (χ3n) is 4.29. The molecule has 0 aliphatic carbocycles. The predicted molar refractivity (Wildman–Crippen MR) is 120 cm³/mol. The Kier molecular flexibility index (Phi) is 6.95. The monoisotopic (exact) mass is 455 g/mol. The number of nitriles is 1. The van der Waals surface area contributed by atoms with Crippen molar-refractivity contribution in [2.24, 2.45) is 0 Å². The lowest BCUT2D eigenvalue weighted by Gasteiger charge is -2.05. The summed E-state index contributed by atoms with van der Waals surface area (Å²) in [6.45, 7) is 5.02. The Morgan fingerprint density at radius 2 is 2.03 bits per heavy atom. The minimum Gasteiger partial charge on any atom is -0.462 e. The van der Waals surface area contributed by atoms with E-state index in [9.17, 15) is 19.2 Å². The van der Waals surface area contributed by atoms with Gasteiger partial charge in [-0.15, -0.1) is 22.7 Å². The third-order valence-corrected chi connectivity index (χ3v) is 6.49. The molecule has 0 spiro atoms. The highest BCUT2D eigenvalue weighted by Gasteiger charge is 2.24. The van der Waals surface area contributed by atoms with E-state index >= 15 is 0 Å². The van der Waals surface area contributed by atoms with Gasteiger partial charge in [0.25, 0.3) is 0 Å². The standard InChI is InChI=1S/C22H18FN3O3S2/c1-4-29-22(28)18-12(2)19(13(3)27)31-21(18)25-10-15(9-24)20-26-17(11-30-20)14-5-7-16(23)8-6-14/h5-8,10-11,25H,4H2,1-3H3/b15-10-. The number of thiophene rings is 1. The molecule has 2 heterocycles. The highest BCUT2D eigenvalue weighted by atomic mass is 32.1. The van der Waals surface area contributed by atoms with Gasteiger partial charge in [-0.1, -0.05) is 0 Å². The van der Waals surface area contributed by atoms with Crippen molar-refractivity contribution in [3.05, 3.63) is 62.7 Å². The molecule has 3 aromatic rings. The fraction of sp³-hybridized carbons (Fsp3) is 0.182. The fourth-order valence-electron chi connectivity index (χ4n) is 2.83. The van der Waals surface area contributed by atoms with E-state index in [1.807, 2.05) is 0 Å². The van der Waals surface area contributed by atoms with Crippen LogP contribution in [0.3, 0.4) is 0 Å². The number of hydrogen-bond acceptors (Lipinski definition) is 8. The summed E-state index contributed by atoms with van der Waals surface area (Å²) in [5.41, 5.74) is 2.43. The van der Waals surface area contributed by atoms with Crippen LogP contribution >= 0.6 is 22.7 Å². The molecule has 0 radical (unpaired) electrons. The number of allylic oxidation sites excluding steroid dienone is 1. The van der Waals surface area contributed by atoms with Crippen LogP contribution in [0.25, 0.3) is 16.8 Å². The van der Waals surface area contributed by atoms with Crippen LogP contribution < -0.4 is 5.32 Å². The number of thiazole rings is 1. The Labute approximate surface area is 186 Å². The van der Waals surface area contributed by atoms with Gasteiger partial charge in [0.15, 0.2) is 5.78 Å². The van der Waals surface area contributed by atoms with Gasteiger partial charge in [0.2, 0.25) is 0 Å². The molecule has 0 unspecified atom stereocenters. The van der Waals surface area contributed by atoms with Crippen LogP contribution in [0.4, 0.5) is 9.39 Å². The van der Waals surface area contributed by atoms with E-state index in [1.165, 1.54) is 36.6 Å². The molecule has 0 saturated carbocycles. The second-order valence-corrected chi connectivity index (χ2v) is 8.27. The van der Waals surface area contributed by atoms with Crippen molar-refractivity contribution in [3.63, 3.8) is 0 Å². The molecule has 0 aliphatic heterocycles. The summed E-state index contributed by atoms with van der Waals surface area (Å²) in [4.78, 5) is 29.2. The van der Waals surface area contributed by atoms with Crippen LogP contribution in [0.1, 0.15) is 44.4 Å². The summed E-state index contributed by atoms with van der Waals surface area (Å²) in [6.07, 6.45) is 1.45. The molecule has 0 saturated heterocycles. The van der Waals surface area contributed by atoms with Gasteiger partial charge >= 0.3 is 5.97 Å². The minimum atomic E-state index is -0.536. The van der Waals surface area contributed by atoms with Crippen LogP contribution in [0.2, 0.25) is 0 Å². The highest BCUT2D eigenvalue weighted by molar-refractivity contribution is 7.18. The van der Waals surface area contributed by atoms with E-state index in [4.69, 9.17) is 4.74 Å². The Morgan fingerprint density at radius 1 is 1.32 bits per heavy atom. The number of ketones is 1. The lowest BCUT2D eigenvalue weighted by Crippen LogP contribution is -2.08. The topological polar surface area (TPSA) is 92.1 Å². The number of hydrogen-bond donors (Lipinski definition) is 1.